The van der Waals surface area contributed by atoms with Gasteiger partial charge in [-0.15, -0.1) is 21.5 Å². The molecule has 2 fully saturated rings. The lowest BCUT2D eigenvalue weighted by atomic mass is 10.0. The number of anilines is 1. The van der Waals surface area contributed by atoms with Gasteiger partial charge in [0.05, 0.1) is 12.4 Å². The maximum absolute atomic E-state index is 12.9. The van der Waals surface area contributed by atoms with Gasteiger partial charge in [0.25, 0.3) is 0 Å². The first kappa shape index (κ1) is 22.2. The van der Waals surface area contributed by atoms with Gasteiger partial charge in [0.15, 0.2) is 5.16 Å². The van der Waals surface area contributed by atoms with E-state index in [1.165, 1.54) is 35.9 Å². The number of ether oxygens (including phenoxy) is 1. The Morgan fingerprint density at radius 1 is 1.18 bits per heavy atom. The van der Waals surface area contributed by atoms with Gasteiger partial charge in [-0.05, 0) is 45.1 Å². The van der Waals surface area contributed by atoms with Gasteiger partial charge in [0, 0.05) is 22.4 Å². The quantitative estimate of drug-likeness (QED) is 0.323. The molecule has 33 heavy (non-hydrogen) atoms. The third-order valence-corrected chi connectivity index (χ3v) is 7.72. The lowest BCUT2D eigenvalue weighted by Crippen LogP contribution is -2.17. The molecular weight excluding hydrogens is 456 g/mol. The van der Waals surface area contributed by atoms with E-state index in [9.17, 15) is 9.59 Å². The number of aryl methyl sites for hydroxylation is 1. The first-order valence-electron chi connectivity index (χ1n) is 11.3. The maximum Gasteiger partial charge on any atom is 0.341 e. The van der Waals surface area contributed by atoms with E-state index < -0.39 is 5.97 Å². The third kappa shape index (κ3) is 4.70. The van der Waals surface area contributed by atoms with Crippen molar-refractivity contribution >= 4 is 40.0 Å². The molecule has 0 atom stereocenters. The molecule has 1 amide bonds. The largest absolute Gasteiger partial charge is 0.462 e. The van der Waals surface area contributed by atoms with Crippen LogP contribution in [0, 0.1) is 6.92 Å². The summed E-state index contributed by atoms with van der Waals surface area (Å²) in [6, 6.07) is 10.2. The van der Waals surface area contributed by atoms with E-state index in [-0.39, 0.29) is 18.3 Å². The molecule has 0 aliphatic heterocycles. The summed E-state index contributed by atoms with van der Waals surface area (Å²) in [7, 11) is 0. The molecule has 7 nitrogen and oxygen atoms in total. The van der Waals surface area contributed by atoms with Gasteiger partial charge in [-0.2, -0.15) is 0 Å². The summed E-state index contributed by atoms with van der Waals surface area (Å²) in [6.45, 7) is 4.00. The van der Waals surface area contributed by atoms with Crippen LogP contribution in [-0.4, -0.2) is 39.0 Å². The van der Waals surface area contributed by atoms with Crippen molar-refractivity contribution in [3.05, 3.63) is 46.6 Å². The van der Waals surface area contributed by atoms with Gasteiger partial charge in [-0.25, -0.2) is 4.79 Å². The SMILES string of the molecule is CCOC(=O)c1c(NC(=O)CSc2nnc(C3CC3)n2C2CC2)sc(C)c1-c1ccccc1. The van der Waals surface area contributed by atoms with Crippen molar-refractivity contribution in [1.29, 1.82) is 0 Å². The van der Waals surface area contributed by atoms with Crippen LogP contribution in [0.15, 0.2) is 35.5 Å². The highest BCUT2D eigenvalue weighted by Crippen LogP contribution is 2.46. The summed E-state index contributed by atoms with van der Waals surface area (Å²) in [4.78, 5) is 26.7. The molecule has 2 aliphatic carbocycles. The Bertz CT molecular complexity index is 1180. The van der Waals surface area contributed by atoms with Crippen LogP contribution >= 0.6 is 23.1 Å². The number of benzene rings is 1. The summed E-state index contributed by atoms with van der Waals surface area (Å²) in [6.07, 6.45) is 4.65. The normalized spacial score (nSPS) is 15.5. The van der Waals surface area contributed by atoms with Crippen LogP contribution in [0.2, 0.25) is 0 Å². The number of carbonyl (C=O) groups excluding carboxylic acids is 2. The number of carbonyl (C=O) groups is 2. The first-order valence-corrected chi connectivity index (χ1v) is 13.1. The van der Waals surface area contributed by atoms with E-state index in [0.717, 1.165) is 39.8 Å². The smallest absolute Gasteiger partial charge is 0.341 e. The highest BCUT2D eigenvalue weighted by Gasteiger charge is 2.36. The minimum absolute atomic E-state index is 0.176. The van der Waals surface area contributed by atoms with Crippen molar-refractivity contribution in [2.75, 3.05) is 17.7 Å². The predicted molar refractivity (Wildman–Crippen MR) is 130 cm³/mol. The van der Waals surface area contributed by atoms with Gasteiger partial charge < -0.3 is 14.6 Å². The first-order chi connectivity index (χ1) is 16.1. The van der Waals surface area contributed by atoms with Crippen LogP contribution in [0.1, 0.15) is 65.6 Å². The molecule has 5 rings (SSSR count). The van der Waals surface area contributed by atoms with Crippen LogP contribution < -0.4 is 5.32 Å². The molecular formula is C24H26N4O3S2. The molecule has 0 bridgehead atoms. The number of thioether (sulfide) groups is 1. The minimum atomic E-state index is -0.425. The van der Waals surface area contributed by atoms with Crippen molar-refractivity contribution in [2.24, 2.45) is 0 Å². The molecule has 1 N–H and O–H groups in total. The second kappa shape index (κ2) is 9.30. The summed E-state index contributed by atoms with van der Waals surface area (Å²) in [5.74, 6) is 1.20. The summed E-state index contributed by atoms with van der Waals surface area (Å²) >= 11 is 2.81. The number of nitrogens with one attached hydrogen (secondary N) is 1. The number of esters is 1. The number of thiophene rings is 1. The zero-order valence-electron chi connectivity index (χ0n) is 18.7. The molecule has 9 heteroatoms. The molecule has 0 unspecified atom stereocenters. The number of hydrogen-bond acceptors (Lipinski definition) is 7. The highest BCUT2D eigenvalue weighted by atomic mass is 32.2. The van der Waals surface area contributed by atoms with Gasteiger partial charge >= 0.3 is 5.97 Å². The Kier molecular flexibility index (Phi) is 6.25. The van der Waals surface area contributed by atoms with E-state index in [2.05, 4.69) is 20.1 Å². The maximum atomic E-state index is 12.9. The van der Waals surface area contributed by atoms with Gasteiger partial charge in [0.1, 0.15) is 16.4 Å². The summed E-state index contributed by atoms with van der Waals surface area (Å²) < 4.78 is 7.56. The van der Waals surface area contributed by atoms with Crippen LogP contribution in [0.3, 0.4) is 0 Å². The molecule has 2 aromatic heterocycles. The molecule has 0 spiro atoms. The molecule has 3 aromatic rings. The molecule has 2 aliphatic rings. The monoisotopic (exact) mass is 482 g/mol. The van der Waals surface area contributed by atoms with Gasteiger partial charge in [-0.3, -0.25) is 4.79 Å². The fourth-order valence-electron chi connectivity index (χ4n) is 3.96. The van der Waals surface area contributed by atoms with Crippen molar-refractivity contribution in [3.63, 3.8) is 0 Å². The second-order valence-corrected chi connectivity index (χ2v) is 10.5. The topological polar surface area (TPSA) is 86.1 Å². The fourth-order valence-corrected chi connectivity index (χ4v) is 5.85. The average molecular weight is 483 g/mol. The third-order valence-electron chi connectivity index (χ3n) is 5.76. The second-order valence-electron chi connectivity index (χ2n) is 8.38. The molecule has 0 saturated heterocycles. The Hall–Kier alpha value is -2.65. The molecule has 2 heterocycles. The van der Waals surface area contributed by atoms with Crippen LogP contribution in [-0.2, 0) is 9.53 Å². The predicted octanol–water partition coefficient (Wildman–Crippen LogP) is 5.43. The van der Waals surface area contributed by atoms with Crippen LogP contribution in [0.4, 0.5) is 5.00 Å². The lowest BCUT2D eigenvalue weighted by Gasteiger charge is -2.10. The molecule has 0 radical (unpaired) electrons. The summed E-state index contributed by atoms with van der Waals surface area (Å²) in [5.41, 5.74) is 2.15. The lowest BCUT2D eigenvalue weighted by molar-refractivity contribution is -0.113. The number of aromatic nitrogens is 3. The number of nitrogens with zero attached hydrogens (tertiary/aromatic N) is 3. The van der Waals surface area contributed by atoms with Crippen molar-refractivity contribution in [3.8, 4) is 11.1 Å². The Morgan fingerprint density at radius 3 is 2.61 bits per heavy atom. The number of amides is 1. The van der Waals surface area contributed by atoms with E-state index in [1.807, 2.05) is 37.3 Å². The van der Waals surface area contributed by atoms with E-state index in [1.54, 1.807) is 6.92 Å². The zero-order chi connectivity index (χ0) is 22.9. The van der Waals surface area contributed by atoms with Gasteiger partial charge in [-0.1, -0.05) is 42.1 Å². The minimum Gasteiger partial charge on any atom is -0.462 e. The van der Waals surface area contributed by atoms with E-state index >= 15 is 0 Å². The fraction of sp³-hybridized carbons (Fsp3) is 0.417. The van der Waals surface area contributed by atoms with E-state index in [0.29, 0.717) is 22.5 Å². The zero-order valence-corrected chi connectivity index (χ0v) is 20.3. The molecule has 1 aromatic carbocycles. The average Bonchev–Trinajstić information content (AvgIpc) is 3.74. The van der Waals surface area contributed by atoms with Crippen LogP contribution in [0.5, 0.6) is 0 Å². The molecule has 2 saturated carbocycles. The highest BCUT2D eigenvalue weighted by molar-refractivity contribution is 7.99. The van der Waals surface area contributed by atoms with Crippen molar-refractivity contribution < 1.29 is 14.3 Å². The molecule has 172 valence electrons. The standard InChI is InChI=1S/C24H26N4O3S2/c1-3-31-23(30)20-19(15-7-5-4-6-8-15)14(2)33-22(20)25-18(29)13-32-24-27-26-21(16-9-10-16)28(24)17-11-12-17/h4-8,16-17H,3,9-13H2,1-2H3,(H,25,29). The van der Waals surface area contributed by atoms with E-state index in [4.69, 9.17) is 4.74 Å². The number of rotatable bonds is 9. The Morgan fingerprint density at radius 2 is 1.94 bits per heavy atom. The number of hydrogen-bond donors (Lipinski definition) is 1. The van der Waals surface area contributed by atoms with Crippen LogP contribution in [0.25, 0.3) is 11.1 Å². The van der Waals surface area contributed by atoms with Gasteiger partial charge in [0.2, 0.25) is 5.91 Å². The van der Waals surface area contributed by atoms with Crippen molar-refractivity contribution in [1.82, 2.24) is 14.8 Å². The van der Waals surface area contributed by atoms with Crippen molar-refractivity contribution in [2.45, 2.75) is 56.6 Å². The Labute approximate surface area is 200 Å². The summed E-state index contributed by atoms with van der Waals surface area (Å²) in [5, 5.41) is 13.1. The Balaban J connectivity index is 1.35.